The SMILES string of the molecule is Brc1cc(CNC2CCc3ccccc32)cs1. The molecule has 2 aromatic rings. The highest BCUT2D eigenvalue weighted by atomic mass is 79.9. The fourth-order valence-electron chi connectivity index (χ4n) is 2.45. The Balaban J connectivity index is 1.68. The minimum Gasteiger partial charge on any atom is -0.306 e. The molecule has 3 heteroatoms. The van der Waals surface area contributed by atoms with Crippen molar-refractivity contribution in [2.45, 2.75) is 25.4 Å². The van der Waals surface area contributed by atoms with Crippen molar-refractivity contribution in [2.75, 3.05) is 0 Å². The molecule has 0 radical (unpaired) electrons. The van der Waals surface area contributed by atoms with Crippen molar-refractivity contribution in [2.24, 2.45) is 0 Å². The molecule has 1 heterocycles. The summed E-state index contributed by atoms with van der Waals surface area (Å²) in [5.41, 5.74) is 4.37. The second-order valence-electron chi connectivity index (χ2n) is 4.43. The van der Waals surface area contributed by atoms with Crippen molar-refractivity contribution in [1.29, 1.82) is 0 Å². The highest BCUT2D eigenvalue weighted by molar-refractivity contribution is 9.11. The number of aryl methyl sites for hydroxylation is 1. The molecule has 3 rings (SSSR count). The Kier molecular flexibility index (Phi) is 3.32. The van der Waals surface area contributed by atoms with E-state index in [4.69, 9.17) is 0 Å². The van der Waals surface area contributed by atoms with E-state index in [1.807, 2.05) is 0 Å². The summed E-state index contributed by atoms with van der Waals surface area (Å²) in [6.45, 7) is 0.959. The summed E-state index contributed by atoms with van der Waals surface area (Å²) in [6.07, 6.45) is 2.44. The zero-order chi connectivity index (χ0) is 11.7. The standard InChI is InChI=1S/C14H14BrNS/c15-14-7-10(9-17-14)8-16-13-6-5-11-3-1-2-4-12(11)13/h1-4,7,9,13,16H,5-6,8H2. The first-order valence-corrected chi connectivity index (χ1v) is 7.54. The van der Waals surface area contributed by atoms with Gasteiger partial charge in [0.1, 0.15) is 0 Å². The van der Waals surface area contributed by atoms with Crippen LogP contribution in [0.1, 0.15) is 29.2 Å². The van der Waals surface area contributed by atoms with Gasteiger partial charge in [-0.05, 0) is 56.9 Å². The third-order valence-electron chi connectivity index (χ3n) is 3.31. The van der Waals surface area contributed by atoms with Crippen LogP contribution in [0.2, 0.25) is 0 Å². The molecule has 0 fully saturated rings. The van der Waals surface area contributed by atoms with E-state index in [2.05, 4.69) is 57.0 Å². The van der Waals surface area contributed by atoms with E-state index >= 15 is 0 Å². The number of benzene rings is 1. The molecule has 1 aliphatic carbocycles. The van der Waals surface area contributed by atoms with Gasteiger partial charge in [0.2, 0.25) is 0 Å². The van der Waals surface area contributed by atoms with Crippen molar-refractivity contribution >= 4 is 27.3 Å². The van der Waals surface area contributed by atoms with Crippen LogP contribution in [0.25, 0.3) is 0 Å². The maximum atomic E-state index is 3.65. The number of hydrogen-bond donors (Lipinski definition) is 1. The van der Waals surface area contributed by atoms with Crippen LogP contribution in [-0.4, -0.2) is 0 Å². The van der Waals surface area contributed by atoms with Crippen molar-refractivity contribution in [3.05, 3.63) is 56.2 Å². The molecule has 0 saturated heterocycles. The van der Waals surface area contributed by atoms with Gasteiger partial charge < -0.3 is 5.32 Å². The number of halogens is 1. The van der Waals surface area contributed by atoms with Crippen LogP contribution in [0.3, 0.4) is 0 Å². The van der Waals surface area contributed by atoms with Crippen LogP contribution < -0.4 is 5.32 Å². The zero-order valence-corrected chi connectivity index (χ0v) is 11.9. The Hall–Kier alpha value is -0.640. The molecule has 0 amide bonds. The first kappa shape index (κ1) is 11.5. The van der Waals surface area contributed by atoms with Crippen molar-refractivity contribution in [3.63, 3.8) is 0 Å². The lowest BCUT2D eigenvalue weighted by atomic mass is 10.1. The minimum atomic E-state index is 0.532. The molecule has 17 heavy (non-hydrogen) atoms. The lowest BCUT2D eigenvalue weighted by Gasteiger charge is -2.13. The lowest BCUT2D eigenvalue weighted by molar-refractivity contribution is 0.531. The van der Waals surface area contributed by atoms with Gasteiger partial charge in [0.15, 0.2) is 0 Å². The summed E-state index contributed by atoms with van der Waals surface area (Å²) in [6, 6.07) is 11.5. The van der Waals surface area contributed by atoms with Crippen LogP contribution in [0.4, 0.5) is 0 Å². The largest absolute Gasteiger partial charge is 0.306 e. The minimum absolute atomic E-state index is 0.532. The molecule has 1 N–H and O–H groups in total. The zero-order valence-electron chi connectivity index (χ0n) is 9.45. The highest BCUT2D eigenvalue weighted by Crippen LogP contribution is 2.31. The Bertz CT molecular complexity index is 520. The average molecular weight is 308 g/mol. The third kappa shape index (κ3) is 2.46. The number of hydrogen-bond acceptors (Lipinski definition) is 2. The molecule has 1 atom stereocenters. The molecule has 0 bridgehead atoms. The molecular formula is C14H14BrNS. The van der Waals surface area contributed by atoms with E-state index in [9.17, 15) is 0 Å². The first-order valence-electron chi connectivity index (χ1n) is 5.87. The van der Waals surface area contributed by atoms with E-state index in [-0.39, 0.29) is 0 Å². The smallest absolute Gasteiger partial charge is 0.0701 e. The molecule has 1 nitrogen and oxygen atoms in total. The second-order valence-corrected chi connectivity index (χ2v) is 6.72. The van der Waals surface area contributed by atoms with Gasteiger partial charge in [-0.1, -0.05) is 24.3 Å². The van der Waals surface area contributed by atoms with E-state index in [0.29, 0.717) is 6.04 Å². The summed E-state index contributed by atoms with van der Waals surface area (Å²) in [5.74, 6) is 0. The Labute approximate surface area is 114 Å². The van der Waals surface area contributed by atoms with Crippen molar-refractivity contribution in [1.82, 2.24) is 5.32 Å². The number of fused-ring (bicyclic) bond motifs is 1. The predicted octanol–water partition coefficient (Wildman–Crippen LogP) is 4.29. The molecule has 1 aromatic carbocycles. The van der Waals surface area contributed by atoms with E-state index in [1.165, 1.54) is 33.3 Å². The molecule has 1 aromatic heterocycles. The van der Waals surface area contributed by atoms with Gasteiger partial charge in [-0.15, -0.1) is 11.3 Å². The molecule has 0 saturated carbocycles. The summed E-state index contributed by atoms with van der Waals surface area (Å²) in [7, 11) is 0. The molecule has 1 aliphatic rings. The topological polar surface area (TPSA) is 12.0 Å². The highest BCUT2D eigenvalue weighted by Gasteiger charge is 2.20. The molecule has 0 aliphatic heterocycles. The third-order valence-corrected chi connectivity index (χ3v) is 4.86. The summed E-state index contributed by atoms with van der Waals surface area (Å²) in [5, 5.41) is 5.86. The number of thiophene rings is 1. The molecular weight excluding hydrogens is 294 g/mol. The van der Waals surface area contributed by atoms with Crippen LogP contribution in [0, 0.1) is 0 Å². The Morgan fingerprint density at radius 2 is 2.24 bits per heavy atom. The average Bonchev–Trinajstić information content (AvgIpc) is 2.93. The molecule has 0 spiro atoms. The quantitative estimate of drug-likeness (QED) is 0.892. The fourth-order valence-corrected chi connectivity index (χ4v) is 3.66. The van der Waals surface area contributed by atoms with Crippen LogP contribution in [0.5, 0.6) is 0 Å². The van der Waals surface area contributed by atoms with Gasteiger partial charge in [0.25, 0.3) is 0 Å². The van der Waals surface area contributed by atoms with Crippen LogP contribution in [0.15, 0.2) is 39.5 Å². The summed E-state index contributed by atoms with van der Waals surface area (Å²) in [4.78, 5) is 0. The van der Waals surface area contributed by atoms with Crippen molar-refractivity contribution in [3.8, 4) is 0 Å². The maximum absolute atomic E-state index is 3.65. The van der Waals surface area contributed by atoms with Gasteiger partial charge in [-0.25, -0.2) is 0 Å². The summed E-state index contributed by atoms with van der Waals surface area (Å²) < 4.78 is 1.21. The van der Waals surface area contributed by atoms with Crippen LogP contribution >= 0.6 is 27.3 Å². The molecule has 88 valence electrons. The summed E-state index contributed by atoms with van der Waals surface area (Å²) >= 11 is 5.25. The number of rotatable bonds is 3. The lowest BCUT2D eigenvalue weighted by Crippen LogP contribution is -2.18. The normalized spacial score (nSPS) is 18.3. The Morgan fingerprint density at radius 1 is 1.35 bits per heavy atom. The van der Waals surface area contributed by atoms with Gasteiger partial charge in [-0.3, -0.25) is 0 Å². The fraction of sp³-hybridized carbons (Fsp3) is 0.286. The molecule has 1 unspecified atom stereocenters. The monoisotopic (exact) mass is 307 g/mol. The second kappa shape index (κ2) is 4.92. The maximum Gasteiger partial charge on any atom is 0.0701 e. The van der Waals surface area contributed by atoms with Crippen LogP contribution in [-0.2, 0) is 13.0 Å². The van der Waals surface area contributed by atoms with Crippen molar-refractivity contribution < 1.29 is 0 Å². The Morgan fingerprint density at radius 3 is 3.06 bits per heavy atom. The van der Waals surface area contributed by atoms with Gasteiger partial charge in [0.05, 0.1) is 3.79 Å². The van der Waals surface area contributed by atoms with Gasteiger partial charge in [0, 0.05) is 12.6 Å². The number of nitrogens with one attached hydrogen (secondary N) is 1. The van der Waals surface area contributed by atoms with E-state index in [0.717, 1.165) is 6.54 Å². The predicted molar refractivity (Wildman–Crippen MR) is 76.4 cm³/mol. The van der Waals surface area contributed by atoms with Gasteiger partial charge >= 0.3 is 0 Å². The van der Waals surface area contributed by atoms with E-state index < -0.39 is 0 Å². The van der Waals surface area contributed by atoms with Gasteiger partial charge in [-0.2, -0.15) is 0 Å². The first-order chi connectivity index (χ1) is 8.33. The van der Waals surface area contributed by atoms with E-state index in [1.54, 1.807) is 11.3 Å².